The fraction of sp³-hybridized carbons (Fsp3) is 0.765. The van der Waals surface area contributed by atoms with Crippen LogP contribution in [0.4, 0.5) is 0 Å². The lowest BCUT2D eigenvalue weighted by Gasteiger charge is -2.44. The van der Waals surface area contributed by atoms with Crippen LogP contribution in [-0.2, 0) is 11.2 Å². The van der Waals surface area contributed by atoms with Gasteiger partial charge in [-0.05, 0) is 48.4 Å². The van der Waals surface area contributed by atoms with Gasteiger partial charge < -0.3 is 10.1 Å². The van der Waals surface area contributed by atoms with Crippen molar-refractivity contribution >= 4 is 23.1 Å². The van der Waals surface area contributed by atoms with E-state index in [4.69, 9.17) is 4.74 Å². The maximum absolute atomic E-state index is 5.57. The van der Waals surface area contributed by atoms with Crippen LogP contribution in [0.1, 0.15) is 35.7 Å². The van der Waals surface area contributed by atoms with Crippen molar-refractivity contribution < 1.29 is 4.74 Å². The monoisotopic (exact) mass is 338 g/mol. The summed E-state index contributed by atoms with van der Waals surface area (Å²) in [4.78, 5) is 4.32. The number of aryl methyl sites for hydroxylation is 1. The Hall–Kier alpha value is -0.0700. The molecule has 1 aromatic rings. The Morgan fingerprint density at radius 3 is 3.09 bits per heavy atom. The standard InChI is InChI=1S/C17H26N2OS2/c1-2-15(14-4-10-22-16(14)3-1)18-12-17(5-11-21-13-17)19-6-8-20-9-7-19/h4,10,15,18H,1-3,5-9,11-13H2. The normalized spacial score (nSPS) is 33.0. The third-order valence-electron chi connectivity index (χ3n) is 5.49. The molecule has 1 aromatic heterocycles. The van der Waals surface area contributed by atoms with Crippen molar-refractivity contribution in [1.29, 1.82) is 0 Å². The fourth-order valence-electron chi connectivity index (χ4n) is 4.15. The predicted octanol–water partition coefficient (Wildman–Crippen LogP) is 2.92. The molecule has 22 heavy (non-hydrogen) atoms. The quantitative estimate of drug-likeness (QED) is 0.912. The highest BCUT2D eigenvalue weighted by molar-refractivity contribution is 7.99. The van der Waals surface area contributed by atoms with Gasteiger partial charge in [-0.2, -0.15) is 11.8 Å². The van der Waals surface area contributed by atoms with Crippen LogP contribution in [-0.4, -0.2) is 54.8 Å². The van der Waals surface area contributed by atoms with E-state index in [1.165, 1.54) is 37.2 Å². The zero-order valence-corrected chi connectivity index (χ0v) is 14.8. The predicted molar refractivity (Wildman–Crippen MR) is 95.1 cm³/mol. The van der Waals surface area contributed by atoms with Crippen LogP contribution in [0, 0.1) is 0 Å². The molecule has 2 saturated heterocycles. The molecule has 2 fully saturated rings. The number of fused-ring (bicyclic) bond motifs is 1. The van der Waals surface area contributed by atoms with Crippen molar-refractivity contribution in [3.05, 3.63) is 21.9 Å². The molecule has 4 rings (SSSR count). The van der Waals surface area contributed by atoms with E-state index in [1.54, 1.807) is 10.4 Å². The van der Waals surface area contributed by atoms with E-state index in [-0.39, 0.29) is 0 Å². The molecule has 1 N–H and O–H groups in total. The second kappa shape index (κ2) is 6.81. The van der Waals surface area contributed by atoms with Crippen molar-refractivity contribution in [2.24, 2.45) is 0 Å². The highest BCUT2D eigenvalue weighted by atomic mass is 32.2. The van der Waals surface area contributed by atoms with Crippen LogP contribution >= 0.6 is 23.1 Å². The molecular formula is C17H26N2OS2. The Morgan fingerprint density at radius 1 is 1.36 bits per heavy atom. The first-order valence-electron chi connectivity index (χ1n) is 8.58. The van der Waals surface area contributed by atoms with Crippen LogP contribution in [0.25, 0.3) is 0 Å². The van der Waals surface area contributed by atoms with Gasteiger partial charge in [0.1, 0.15) is 0 Å². The average molecular weight is 339 g/mol. The molecule has 0 bridgehead atoms. The van der Waals surface area contributed by atoms with Gasteiger partial charge in [-0.1, -0.05) is 0 Å². The minimum Gasteiger partial charge on any atom is -0.379 e. The molecule has 2 atom stereocenters. The highest BCUT2D eigenvalue weighted by Gasteiger charge is 2.41. The molecular weight excluding hydrogens is 312 g/mol. The summed E-state index contributed by atoms with van der Waals surface area (Å²) >= 11 is 4.07. The first-order chi connectivity index (χ1) is 10.9. The lowest BCUT2D eigenvalue weighted by Crippen LogP contribution is -2.58. The van der Waals surface area contributed by atoms with Crippen LogP contribution in [0.5, 0.6) is 0 Å². The number of ether oxygens (including phenoxy) is 1. The van der Waals surface area contributed by atoms with Gasteiger partial charge in [-0.3, -0.25) is 4.90 Å². The van der Waals surface area contributed by atoms with Crippen LogP contribution in [0.2, 0.25) is 0 Å². The smallest absolute Gasteiger partial charge is 0.0594 e. The zero-order valence-electron chi connectivity index (χ0n) is 13.2. The Labute approximate surface area is 141 Å². The molecule has 2 aliphatic heterocycles. The first kappa shape index (κ1) is 15.5. The van der Waals surface area contributed by atoms with E-state index < -0.39 is 0 Å². The molecule has 5 heteroatoms. The molecule has 0 spiro atoms. The SMILES string of the molecule is c1cc2c(s1)CCCC2NCC1(N2CCOCC2)CCSC1. The Bertz CT molecular complexity index is 493. The summed E-state index contributed by atoms with van der Waals surface area (Å²) in [5, 5.41) is 6.23. The van der Waals surface area contributed by atoms with Gasteiger partial charge in [0.2, 0.25) is 0 Å². The molecule has 3 nitrogen and oxygen atoms in total. The Balaban J connectivity index is 1.45. The van der Waals surface area contributed by atoms with Crippen molar-refractivity contribution in [2.75, 3.05) is 44.4 Å². The molecule has 0 amide bonds. The largest absolute Gasteiger partial charge is 0.379 e. The Morgan fingerprint density at radius 2 is 2.27 bits per heavy atom. The topological polar surface area (TPSA) is 24.5 Å². The number of nitrogens with zero attached hydrogens (tertiary/aromatic N) is 1. The summed E-state index contributed by atoms with van der Waals surface area (Å²) in [7, 11) is 0. The van der Waals surface area contributed by atoms with Crippen LogP contribution < -0.4 is 5.32 Å². The summed E-state index contributed by atoms with van der Waals surface area (Å²) in [6.45, 7) is 5.17. The third kappa shape index (κ3) is 2.98. The van der Waals surface area contributed by atoms with Gasteiger partial charge >= 0.3 is 0 Å². The van der Waals surface area contributed by atoms with E-state index >= 15 is 0 Å². The zero-order chi connectivity index (χ0) is 14.8. The van der Waals surface area contributed by atoms with Crippen molar-refractivity contribution in [3.63, 3.8) is 0 Å². The van der Waals surface area contributed by atoms with Gasteiger partial charge in [0, 0.05) is 41.8 Å². The second-order valence-corrected chi connectivity index (χ2v) is 8.86. The number of hydrogen-bond donors (Lipinski definition) is 1. The fourth-order valence-corrected chi connectivity index (χ4v) is 6.61. The van der Waals surface area contributed by atoms with E-state index in [2.05, 4.69) is 33.4 Å². The lowest BCUT2D eigenvalue weighted by atomic mass is 9.91. The summed E-state index contributed by atoms with van der Waals surface area (Å²) in [5.74, 6) is 2.59. The van der Waals surface area contributed by atoms with E-state index in [0.717, 1.165) is 32.8 Å². The van der Waals surface area contributed by atoms with Gasteiger partial charge in [0.05, 0.1) is 13.2 Å². The van der Waals surface area contributed by atoms with Gasteiger partial charge in [-0.15, -0.1) is 11.3 Å². The molecule has 1 aliphatic carbocycles. The number of hydrogen-bond acceptors (Lipinski definition) is 5. The number of thioether (sulfide) groups is 1. The molecule has 3 heterocycles. The van der Waals surface area contributed by atoms with Crippen molar-refractivity contribution in [3.8, 4) is 0 Å². The van der Waals surface area contributed by atoms with Crippen LogP contribution in [0.3, 0.4) is 0 Å². The summed E-state index contributed by atoms with van der Waals surface area (Å²) in [6, 6.07) is 2.93. The molecule has 0 saturated carbocycles. The number of thiophene rings is 1. The average Bonchev–Trinajstić information content (AvgIpc) is 3.24. The maximum atomic E-state index is 5.57. The van der Waals surface area contributed by atoms with E-state index in [1.807, 2.05) is 11.3 Å². The van der Waals surface area contributed by atoms with Crippen LogP contribution in [0.15, 0.2) is 11.4 Å². The summed E-state index contributed by atoms with van der Waals surface area (Å²) in [6.07, 6.45) is 5.25. The molecule has 0 aromatic carbocycles. The van der Waals surface area contributed by atoms with Gasteiger partial charge in [0.15, 0.2) is 0 Å². The summed E-state index contributed by atoms with van der Waals surface area (Å²) in [5.41, 5.74) is 1.95. The van der Waals surface area contributed by atoms with Gasteiger partial charge in [0.25, 0.3) is 0 Å². The number of nitrogens with one attached hydrogen (secondary N) is 1. The van der Waals surface area contributed by atoms with E-state index in [0.29, 0.717) is 11.6 Å². The molecule has 3 aliphatic rings. The van der Waals surface area contributed by atoms with E-state index in [9.17, 15) is 0 Å². The Kier molecular flexibility index (Phi) is 4.79. The molecule has 0 radical (unpaired) electrons. The maximum Gasteiger partial charge on any atom is 0.0594 e. The van der Waals surface area contributed by atoms with Gasteiger partial charge in [-0.25, -0.2) is 0 Å². The third-order valence-corrected chi connectivity index (χ3v) is 7.72. The molecule has 2 unspecified atom stereocenters. The number of rotatable bonds is 4. The second-order valence-electron chi connectivity index (χ2n) is 6.75. The summed E-state index contributed by atoms with van der Waals surface area (Å²) < 4.78 is 5.57. The van der Waals surface area contributed by atoms with Crippen molar-refractivity contribution in [1.82, 2.24) is 10.2 Å². The number of morpholine rings is 1. The highest BCUT2D eigenvalue weighted by Crippen LogP contribution is 2.37. The van der Waals surface area contributed by atoms with Crippen molar-refractivity contribution in [2.45, 2.75) is 37.3 Å². The lowest BCUT2D eigenvalue weighted by molar-refractivity contribution is -0.0142. The molecule has 122 valence electrons. The minimum atomic E-state index is 0.363. The minimum absolute atomic E-state index is 0.363. The first-order valence-corrected chi connectivity index (χ1v) is 10.6.